The van der Waals surface area contributed by atoms with Gasteiger partial charge in [0.15, 0.2) is 0 Å². The summed E-state index contributed by atoms with van der Waals surface area (Å²) < 4.78 is 5.12. The third kappa shape index (κ3) is 5.49. The maximum Gasteiger partial charge on any atom is 0.240 e. The molecule has 0 atom stereocenters. The number of hydrogen-bond donors (Lipinski definition) is 1. The van der Waals surface area contributed by atoms with Gasteiger partial charge in [0, 0.05) is 24.2 Å². The number of nitrogens with one attached hydrogen (secondary N) is 1. The molecule has 0 aliphatic heterocycles. The quantitative estimate of drug-likeness (QED) is 0.808. The molecule has 2 rings (SSSR count). The van der Waals surface area contributed by atoms with Gasteiger partial charge in [0.05, 0.1) is 7.11 Å². The highest BCUT2D eigenvalue weighted by atomic mass is 35.5. The first-order valence-corrected chi connectivity index (χ1v) is 8.72. The molecule has 0 aliphatic rings. The minimum Gasteiger partial charge on any atom is -0.497 e. The van der Waals surface area contributed by atoms with Crippen LogP contribution in [0.4, 0.5) is 5.69 Å². The summed E-state index contributed by atoms with van der Waals surface area (Å²) in [4.78, 5) is 25.7. The molecule has 138 valence electrons. The highest BCUT2D eigenvalue weighted by molar-refractivity contribution is 6.31. The fraction of sp³-hybridized carbons (Fsp3) is 0.300. The predicted octanol–water partition coefficient (Wildman–Crippen LogP) is 3.37. The standard InChI is InChI=1S/C20H23ClN2O3/c1-14-4-7-17(21)12-19(14)23(15(2)24)13-20(25)22-11-10-16-5-8-18(26-3)9-6-16/h4-9,12H,10-11,13H2,1-3H3,(H,22,25). The number of ether oxygens (including phenoxy) is 1. The van der Waals surface area contributed by atoms with Crippen molar-refractivity contribution in [3.63, 3.8) is 0 Å². The zero-order valence-electron chi connectivity index (χ0n) is 15.2. The van der Waals surface area contributed by atoms with E-state index in [1.54, 1.807) is 19.2 Å². The molecular formula is C20H23ClN2O3. The Morgan fingerprint density at radius 1 is 1.15 bits per heavy atom. The molecule has 0 aromatic heterocycles. The second-order valence-electron chi connectivity index (χ2n) is 5.98. The highest BCUT2D eigenvalue weighted by Crippen LogP contribution is 2.24. The molecule has 2 amide bonds. The van der Waals surface area contributed by atoms with Crippen LogP contribution >= 0.6 is 11.6 Å². The van der Waals surface area contributed by atoms with Crippen LogP contribution in [0.3, 0.4) is 0 Å². The van der Waals surface area contributed by atoms with Gasteiger partial charge in [-0.15, -0.1) is 0 Å². The smallest absolute Gasteiger partial charge is 0.240 e. The van der Waals surface area contributed by atoms with E-state index in [4.69, 9.17) is 16.3 Å². The van der Waals surface area contributed by atoms with E-state index in [0.29, 0.717) is 23.7 Å². The molecular weight excluding hydrogens is 352 g/mol. The second kappa shape index (κ2) is 9.25. The van der Waals surface area contributed by atoms with Crippen molar-refractivity contribution in [2.24, 2.45) is 0 Å². The molecule has 0 unspecified atom stereocenters. The summed E-state index contributed by atoms with van der Waals surface area (Å²) in [5, 5.41) is 3.38. The molecule has 0 aliphatic carbocycles. The summed E-state index contributed by atoms with van der Waals surface area (Å²) in [6.07, 6.45) is 0.700. The number of rotatable bonds is 7. The number of amides is 2. The van der Waals surface area contributed by atoms with Crippen molar-refractivity contribution in [2.45, 2.75) is 20.3 Å². The lowest BCUT2D eigenvalue weighted by atomic mass is 10.1. The number of benzene rings is 2. The monoisotopic (exact) mass is 374 g/mol. The van der Waals surface area contributed by atoms with Crippen LogP contribution in [0.15, 0.2) is 42.5 Å². The van der Waals surface area contributed by atoms with Crippen LogP contribution in [0.1, 0.15) is 18.1 Å². The summed E-state index contributed by atoms with van der Waals surface area (Å²) in [5.41, 5.74) is 2.63. The highest BCUT2D eigenvalue weighted by Gasteiger charge is 2.17. The molecule has 5 nitrogen and oxygen atoms in total. The van der Waals surface area contributed by atoms with Crippen LogP contribution in [0.5, 0.6) is 5.75 Å². The summed E-state index contributed by atoms with van der Waals surface area (Å²) in [6, 6.07) is 13.0. The van der Waals surface area contributed by atoms with Gasteiger partial charge in [-0.3, -0.25) is 9.59 Å². The van der Waals surface area contributed by atoms with Crippen LogP contribution < -0.4 is 15.0 Å². The molecule has 0 saturated heterocycles. The van der Waals surface area contributed by atoms with Gasteiger partial charge in [-0.25, -0.2) is 0 Å². The fourth-order valence-electron chi connectivity index (χ4n) is 2.58. The molecule has 0 radical (unpaired) electrons. The van der Waals surface area contributed by atoms with E-state index >= 15 is 0 Å². The number of nitrogens with zero attached hydrogens (tertiary/aromatic N) is 1. The van der Waals surface area contributed by atoms with E-state index in [-0.39, 0.29) is 18.4 Å². The van der Waals surface area contributed by atoms with Crippen LogP contribution in [-0.2, 0) is 16.0 Å². The van der Waals surface area contributed by atoms with E-state index in [1.165, 1.54) is 11.8 Å². The van der Waals surface area contributed by atoms with Crippen molar-refractivity contribution in [2.75, 3.05) is 25.1 Å². The number of hydrogen-bond acceptors (Lipinski definition) is 3. The Balaban J connectivity index is 1.93. The Morgan fingerprint density at radius 3 is 2.46 bits per heavy atom. The Hall–Kier alpha value is -2.53. The summed E-state index contributed by atoms with van der Waals surface area (Å²) >= 11 is 6.03. The molecule has 0 saturated carbocycles. The third-order valence-corrected chi connectivity index (χ3v) is 4.27. The van der Waals surface area contributed by atoms with E-state index in [0.717, 1.165) is 16.9 Å². The average molecular weight is 375 g/mol. The predicted molar refractivity (Wildman–Crippen MR) is 104 cm³/mol. The normalized spacial score (nSPS) is 10.3. The van der Waals surface area contributed by atoms with Gasteiger partial charge in [0.2, 0.25) is 11.8 Å². The third-order valence-electron chi connectivity index (χ3n) is 4.04. The van der Waals surface area contributed by atoms with Gasteiger partial charge in [0.1, 0.15) is 12.3 Å². The average Bonchev–Trinajstić information content (AvgIpc) is 2.62. The van der Waals surface area contributed by atoms with Gasteiger partial charge in [-0.1, -0.05) is 29.8 Å². The number of halogens is 1. The molecule has 0 bridgehead atoms. The van der Waals surface area contributed by atoms with Crippen LogP contribution in [0, 0.1) is 6.92 Å². The lowest BCUT2D eigenvalue weighted by Gasteiger charge is -2.23. The minimum atomic E-state index is -0.215. The lowest BCUT2D eigenvalue weighted by molar-refractivity contribution is -0.123. The van der Waals surface area contributed by atoms with Crippen LogP contribution in [0.25, 0.3) is 0 Å². The van der Waals surface area contributed by atoms with Crippen molar-refractivity contribution < 1.29 is 14.3 Å². The number of carbonyl (C=O) groups excluding carboxylic acids is 2. The second-order valence-corrected chi connectivity index (χ2v) is 6.42. The molecule has 2 aromatic rings. The van der Waals surface area contributed by atoms with Gasteiger partial charge in [-0.05, 0) is 48.7 Å². The topological polar surface area (TPSA) is 58.6 Å². The van der Waals surface area contributed by atoms with E-state index < -0.39 is 0 Å². The van der Waals surface area contributed by atoms with Crippen LogP contribution in [0.2, 0.25) is 5.02 Å². The Morgan fingerprint density at radius 2 is 1.85 bits per heavy atom. The molecule has 0 spiro atoms. The van der Waals surface area contributed by atoms with E-state index in [1.807, 2.05) is 37.3 Å². The number of anilines is 1. The van der Waals surface area contributed by atoms with Gasteiger partial charge in [-0.2, -0.15) is 0 Å². The van der Waals surface area contributed by atoms with Crippen molar-refractivity contribution in [3.05, 3.63) is 58.6 Å². The van der Waals surface area contributed by atoms with Gasteiger partial charge < -0.3 is 15.0 Å². The molecule has 2 aromatic carbocycles. The van der Waals surface area contributed by atoms with Crippen molar-refractivity contribution in [3.8, 4) is 5.75 Å². The first-order chi connectivity index (χ1) is 12.4. The number of aryl methyl sites for hydroxylation is 1. The first kappa shape index (κ1) is 19.8. The summed E-state index contributed by atoms with van der Waals surface area (Å²) in [5.74, 6) is 0.375. The zero-order valence-corrected chi connectivity index (χ0v) is 16.0. The molecule has 1 N–H and O–H groups in total. The largest absolute Gasteiger partial charge is 0.497 e. The lowest BCUT2D eigenvalue weighted by Crippen LogP contribution is -2.40. The molecule has 6 heteroatoms. The first-order valence-electron chi connectivity index (χ1n) is 8.34. The van der Waals surface area contributed by atoms with Crippen LogP contribution in [-0.4, -0.2) is 32.0 Å². The van der Waals surface area contributed by atoms with Crippen molar-refractivity contribution in [1.82, 2.24) is 5.32 Å². The zero-order chi connectivity index (χ0) is 19.1. The SMILES string of the molecule is COc1ccc(CCNC(=O)CN(C(C)=O)c2cc(Cl)ccc2C)cc1. The maximum atomic E-state index is 12.3. The van der Waals surface area contributed by atoms with Crippen molar-refractivity contribution in [1.29, 1.82) is 0 Å². The van der Waals surface area contributed by atoms with Gasteiger partial charge in [0.25, 0.3) is 0 Å². The fourth-order valence-corrected chi connectivity index (χ4v) is 2.74. The number of methoxy groups -OCH3 is 1. The minimum absolute atomic E-state index is 0.0425. The molecule has 0 heterocycles. The maximum absolute atomic E-state index is 12.3. The summed E-state index contributed by atoms with van der Waals surface area (Å²) in [7, 11) is 1.62. The Bertz CT molecular complexity index is 775. The van der Waals surface area contributed by atoms with Gasteiger partial charge >= 0.3 is 0 Å². The molecule has 0 fully saturated rings. The number of carbonyl (C=O) groups is 2. The molecule has 26 heavy (non-hydrogen) atoms. The Kier molecular flexibility index (Phi) is 7.04. The van der Waals surface area contributed by atoms with E-state index in [2.05, 4.69) is 5.32 Å². The Labute approximate surface area is 158 Å². The summed E-state index contributed by atoms with van der Waals surface area (Å²) in [6.45, 7) is 3.76. The van der Waals surface area contributed by atoms with Crippen molar-refractivity contribution >= 4 is 29.1 Å². The van der Waals surface area contributed by atoms with E-state index in [9.17, 15) is 9.59 Å².